The molecule has 1 rings (SSSR count). The molecule has 19 heavy (non-hydrogen) atoms. The first-order valence-electron chi connectivity index (χ1n) is 7.02. The number of rotatable bonds is 7. The number of carbonyl (C=O) groups is 1. The van der Waals surface area contributed by atoms with Crippen LogP contribution >= 0.6 is 0 Å². The molecule has 1 aromatic rings. The molecule has 0 radical (unpaired) electrons. The molecule has 0 spiro atoms. The lowest BCUT2D eigenvalue weighted by Crippen LogP contribution is -2.31. The van der Waals surface area contributed by atoms with Gasteiger partial charge >= 0.3 is 0 Å². The summed E-state index contributed by atoms with van der Waals surface area (Å²) in [6, 6.07) is 6.39. The predicted molar refractivity (Wildman–Crippen MR) is 78.5 cm³/mol. The number of benzene rings is 1. The SMILES string of the molecule is CC[C@H](C)NC(=O)CCCOc1ccc(C)cc1C. The van der Waals surface area contributed by atoms with Crippen molar-refractivity contribution in [3.8, 4) is 5.75 Å². The maximum Gasteiger partial charge on any atom is 0.220 e. The highest BCUT2D eigenvalue weighted by Crippen LogP contribution is 2.18. The molecule has 0 fully saturated rings. The minimum atomic E-state index is 0.110. The second-order valence-corrected chi connectivity index (χ2v) is 5.10. The van der Waals surface area contributed by atoms with E-state index in [1.807, 2.05) is 26.0 Å². The topological polar surface area (TPSA) is 38.3 Å². The van der Waals surface area contributed by atoms with Crippen LogP contribution in [0.4, 0.5) is 0 Å². The standard InChI is InChI=1S/C16H25NO2/c1-5-14(4)17-16(18)7-6-10-19-15-9-8-12(2)11-13(15)3/h8-9,11,14H,5-7,10H2,1-4H3,(H,17,18)/t14-/m0/s1. The second kappa shape index (κ2) is 7.82. The van der Waals surface area contributed by atoms with E-state index in [9.17, 15) is 4.79 Å². The molecule has 0 unspecified atom stereocenters. The fourth-order valence-corrected chi connectivity index (χ4v) is 1.83. The highest BCUT2D eigenvalue weighted by molar-refractivity contribution is 5.76. The van der Waals surface area contributed by atoms with Crippen molar-refractivity contribution in [2.24, 2.45) is 0 Å². The van der Waals surface area contributed by atoms with Crippen LogP contribution in [0.15, 0.2) is 18.2 Å². The molecule has 0 heterocycles. The molecular formula is C16H25NO2. The molecule has 0 saturated heterocycles. The van der Waals surface area contributed by atoms with Crippen molar-refractivity contribution in [2.75, 3.05) is 6.61 Å². The van der Waals surface area contributed by atoms with E-state index in [4.69, 9.17) is 4.74 Å². The van der Waals surface area contributed by atoms with Gasteiger partial charge in [0.05, 0.1) is 6.61 Å². The third-order valence-electron chi connectivity index (χ3n) is 3.16. The Labute approximate surface area is 116 Å². The summed E-state index contributed by atoms with van der Waals surface area (Å²) in [5.41, 5.74) is 2.38. The van der Waals surface area contributed by atoms with Crippen LogP contribution in [-0.4, -0.2) is 18.6 Å². The maximum atomic E-state index is 11.6. The number of amides is 1. The molecule has 0 saturated carbocycles. The number of nitrogens with one attached hydrogen (secondary N) is 1. The highest BCUT2D eigenvalue weighted by atomic mass is 16.5. The van der Waals surface area contributed by atoms with Gasteiger partial charge in [-0.25, -0.2) is 0 Å². The number of carbonyl (C=O) groups excluding carboxylic acids is 1. The Kier molecular flexibility index (Phi) is 6.40. The lowest BCUT2D eigenvalue weighted by molar-refractivity contribution is -0.121. The van der Waals surface area contributed by atoms with Crippen LogP contribution in [0, 0.1) is 13.8 Å². The fraction of sp³-hybridized carbons (Fsp3) is 0.562. The predicted octanol–water partition coefficient (Wildman–Crippen LogP) is 3.38. The first kappa shape index (κ1) is 15.5. The Morgan fingerprint density at radius 1 is 1.37 bits per heavy atom. The number of ether oxygens (including phenoxy) is 1. The Hall–Kier alpha value is -1.51. The molecular weight excluding hydrogens is 238 g/mol. The summed E-state index contributed by atoms with van der Waals surface area (Å²) in [6.07, 6.45) is 2.23. The quantitative estimate of drug-likeness (QED) is 0.766. The molecule has 0 aliphatic heterocycles. The highest BCUT2D eigenvalue weighted by Gasteiger charge is 2.05. The van der Waals surface area contributed by atoms with E-state index in [1.165, 1.54) is 5.56 Å². The Balaban J connectivity index is 2.25. The lowest BCUT2D eigenvalue weighted by Gasteiger charge is -2.12. The largest absolute Gasteiger partial charge is 0.493 e. The Morgan fingerprint density at radius 3 is 2.74 bits per heavy atom. The zero-order valence-electron chi connectivity index (χ0n) is 12.5. The summed E-state index contributed by atoms with van der Waals surface area (Å²) in [6.45, 7) is 8.77. The maximum absolute atomic E-state index is 11.6. The van der Waals surface area contributed by atoms with E-state index >= 15 is 0 Å². The summed E-state index contributed by atoms with van der Waals surface area (Å²) < 4.78 is 5.69. The van der Waals surface area contributed by atoms with Crippen molar-refractivity contribution in [3.63, 3.8) is 0 Å². The minimum Gasteiger partial charge on any atom is -0.493 e. The van der Waals surface area contributed by atoms with Crippen LogP contribution in [0.3, 0.4) is 0 Å². The van der Waals surface area contributed by atoms with E-state index in [1.54, 1.807) is 0 Å². The molecule has 1 amide bonds. The third-order valence-corrected chi connectivity index (χ3v) is 3.16. The molecule has 3 nitrogen and oxygen atoms in total. The van der Waals surface area contributed by atoms with Gasteiger partial charge in [0.1, 0.15) is 5.75 Å². The van der Waals surface area contributed by atoms with Gasteiger partial charge in [-0.15, -0.1) is 0 Å². The van der Waals surface area contributed by atoms with E-state index in [0.29, 0.717) is 13.0 Å². The van der Waals surface area contributed by atoms with Gasteiger partial charge < -0.3 is 10.1 Å². The summed E-state index contributed by atoms with van der Waals surface area (Å²) in [5.74, 6) is 1.02. The Morgan fingerprint density at radius 2 is 2.11 bits per heavy atom. The summed E-state index contributed by atoms with van der Waals surface area (Å²) in [4.78, 5) is 11.6. The molecule has 0 aliphatic carbocycles. The van der Waals surface area contributed by atoms with Crippen LogP contribution in [-0.2, 0) is 4.79 Å². The number of hydrogen-bond acceptors (Lipinski definition) is 2. The molecule has 1 N–H and O–H groups in total. The average Bonchev–Trinajstić information content (AvgIpc) is 2.36. The van der Waals surface area contributed by atoms with Crippen molar-refractivity contribution >= 4 is 5.91 Å². The lowest BCUT2D eigenvalue weighted by atomic mass is 10.1. The third kappa shape index (κ3) is 5.77. The van der Waals surface area contributed by atoms with Gasteiger partial charge in [-0.3, -0.25) is 4.79 Å². The molecule has 106 valence electrons. The summed E-state index contributed by atoms with van der Waals surface area (Å²) in [7, 11) is 0. The van der Waals surface area contributed by atoms with Crippen LogP contribution in [0.5, 0.6) is 5.75 Å². The van der Waals surface area contributed by atoms with Crippen LogP contribution < -0.4 is 10.1 Å². The molecule has 0 aromatic heterocycles. The van der Waals surface area contributed by atoms with E-state index in [2.05, 4.69) is 25.2 Å². The monoisotopic (exact) mass is 263 g/mol. The Bertz CT molecular complexity index is 415. The molecule has 1 aromatic carbocycles. The molecule has 3 heteroatoms. The average molecular weight is 263 g/mol. The summed E-state index contributed by atoms with van der Waals surface area (Å²) >= 11 is 0. The molecule has 0 bridgehead atoms. The smallest absolute Gasteiger partial charge is 0.220 e. The van der Waals surface area contributed by atoms with E-state index in [-0.39, 0.29) is 11.9 Å². The van der Waals surface area contributed by atoms with Gasteiger partial charge in [0, 0.05) is 12.5 Å². The van der Waals surface area contributed by atoms with Crippen LogP contribution in [0.25, 0.3) is 0 Å². The zero-order chi connectivity index (χ0) is 14.3. The van der Waals surface area contributed by atoms with Gasteiger partial charge in [-0.05, 0) is 45.2 Å². The van der Waals surface area contributed by atoms with Crippen LogP contribution in [0.1, 0.15) is 44.2 Å². The van der Waals surface area contributed by atoms with Gasteiger partial charge in [0.25, 0.3) is 0 Å². The van der Waals surface area contributed by atoms with E-state index in [0.717, 1.165) is 24.2 Å². The van der Waals surface area contributed by atoms with Crippen molar-refractivity contribution < 1.29 is 9.53 Å². The van der Waals surface area contributed by atoms with Gasteiger partial charge in [-0.1, -0.05) is 24.6 Å². The van der Waals surface area contributed by atoms with Gasteiger partial charge in [-0.2, -0.15) is 0 Å². The number of hydrogen-bond donors (Lipinski definition) is 1. The van der Waals surface area contributed by atoms with E-state index < -0.39 is 0 Å². The van der Waals surface area contributed by atoms with Crippen molar-refractivity contribution in [2.45, 2.75) is 53.0 Å². The van der Waals surface area contributed by atoms with Crippen molar-refractivity contribution in [3.05, 3.63) is 29.3 Å². The van der Waals surface area contributed by atoms with Crippen molar-refractivity contribution in [1.29, 1.82) is 0 Å². The van der Waals surface area contributed by atoms with Gasteiger partial charge in [0.2, 0.25) is 5.91 Å². The summed E-state index contributed by atoms with van der Waals surface area (Å²) in [5, 5.41) is 2.95. The fourth-order valence-electron chi connectivity index (χ4n) is 1.83. The second-order valence-electron chi connectivity index (χ2n) is 5.10. The first-order valence-corrected chi connectivity index (χ1v) is 7.02. The normalized spacial score (nSPS) is 12.0. The molecule has 0 aliphatic rings. The molecule has 1 atom stereocenters. The number of aryl methyl sites for hydroxylation is 2. The van der Waals surface area contributed by atoms with Gasteiger partial charge in [0.15, 0.2) is 0 Å². The van der Waals surface area contributed by atoms with Crippen molar-refractivity contribution in [1.82, 2.24) is 5.32 Å². The first-order chi connectivity index (χ1) is 9.02. The minimum absolute atomic E-state index is 0.110. The van der Waals surface area contributed by atoms with Crippen LogP contribution in [0.2, 0.25) is 0 Å². The zero-order valence-corrected chi connectivity index (χ0v) is 12.5.